The fourth-order valence-electron chi connectivity index (χ4n) is 2.24. The van der Waals surface area contributed by atoms with E-state index >= 15 is 0 Å². The minimum absolute atomic E-state index is 0.456. The molecule has 0 saturated carbocycles. The molecular weight excluding hydrogens is 314 g/mol. The SMILES string of the molecule is CCN(Cc1ccccc1)c1ccc([C@H](C)O)c(Br)c1. The van der Waals surface area contributed by atoms with Gasteiger partial charge in [0, 0.05) is 23.2 Å². The normalized spacial score (nSPS) is 12.2. The lowest BCUT2D eigenvalue weighted by Crippen LogP contribution is -2.22. The fraction of sp³-hybridized carbons (Fsp3) is 0.294. The lowest BCUT2D eigenvalue weighted by atomic mass is 10.1. The van der Waals surface area contributed by atoms with Gasteiger partial charge >= 0.3 is 0 Å². The molecule has 2 rings (SSSR count). The molecule has 0 bridgehead atoms. The van der Waals surface area contributed by atoms with Crippen LogP contribution < -0.4 is 4.90 Å². The van der Waals surface area contributed by atoms with E-state index in [0.717, 1.165) is 28.8 Å². The summed E-state index contributed by atoms with van der Waals surface area (Å²) in [7, 11) is 0. The molecule has 0 radical (unpaired) electrons. The lowest BCUT2D eigenvalue weighted by molar-refractivity contribution is 0.198. The van der Waals surface area contributed by atoms with Crippen LogP contribution in [0.4, 0.5) is 5.69 Å². The zero-order valence-corrected chi connectivity index (χ0v) is 13.5. The molecule has 0 unspecified atom stereocenters. The first-order valence-electron chi connectivity index (χ1n) is 6.88. The Morgan fingerprint density at radius 2 is 1.85 bits per heavy atom. The van der Waals surface area contributed by atoms with Crippen LogP contribution in [-0.4, -0.2) is 11.7 Å². The van der Waals surface area contributed by atoms with E-state index in [9.17, 15) is 5.11 Å². The summed E-state index contributed by atoms with van der Waals surface area (Å²) in [5, 5.41) is 9.68. The second-order valence-electron chi connectivity index (χ2n) is 4.88. The number of hydrogen-bond donors (Lipinski definition) is 1. The summed E-state index contributed by atoms with van der Waals surface area (Å²) in [5.74, 6) is 0. The second kappa shape index (κ2) is 6.91. The van der Waals surface area contributed by atoms with Gasteiger partial charge in [0.05, 0.1) is 6.10 Å². The maximum absolute atomic E-state index is 9.68. The van der Waals surface area contributed by atoms with Crippen molar-refractivity contribution < 1.29 is 5.11 Å². The van der Waals surface area contributed by atoms with E-state index in [1.807, 2.05) is 12.1 Å². The van der Waals surface area contributed by atoms with E-state index in [1.165, 1.54) is 5.56 Å². The third-order valence-electron chi connectivity index (χ3n) is 3.40. The van der Waals surface area contributed by atoms with Crippen molar-refractivity contribution in [1.82, 2.24) is 0 Å². The lowest BCUT2D eigenvalue weighted by Gasteiger charge is -2.24. The maximum Gasteiger partial charge on any atom is 0.0772 e. The Morgan fingerprint density at radius 1 is 1.15 bits per heavy atom. The van der Waals surface area contributed by atoms with Crippen LogP contribution in [0.1, 0.15) is 31.1 Å². The third kappa shape index (κ3) is 3.62. The average molecular weight is 334 g/mol. The van der Waals surface area contributed by atoms with Crippen LogP contribution in [0.3, 0.4) is 0 Å². The van der Waals surface area contributed by atoms with Gasteiger partial charge in [0.2, 0.25) is 0 Å². The van der Waals surface area contributed by atoms with E-state index in [-0.39, 0.29) is 0 Å². The van der Waals surface area contributed by atoms with Gasteiger partial charge in [0.15, 0.2) is 0 Å². The molecule has 1 atom stereocenters. The highest BCUT2D eigenvalue weighted by Gasteiger charge is 2.10. The van der Waals surface area contributed by atoms with Gasteiger partial charge in [-0.25, -0.2) is 0 Å². The van der Waals surface area contributed by atoms with Crippen molar-refractivity contribution in [2.24, 2.45) is 0 Å². The van der Waals surface area contributed by atoms with E-state index in [1.54, 1.807) is 6.92 Å². The van der Waals surface area contributed by atoms with Crippen molar-refractivity contribution in [2.75, 3.05) is 11.4 Å². The molecule has 0 fully saturated rings. The summed E-state index contributed by atoms with van der Waals surface area (Å²) < 4.78 is 0.955. The first-order chi connectivity index (χ1) is 9.61. The molecule has 106 valence electrons. The van der Waals surface area contributed by atoms with Crippen molar-refractivity contribution in [2.45, 2.75) is 26.5 Å². The Bertz CT molecular complexity index is 554. The summed E-state index contributed by atoms with van der Waals surface area (Å²) in [6, 6.07) is 16.6. The van der Waals surface area contributed by atoms with Crippen molar-refractivity contribution >= 4 is 21.6 Å². The molecule has 0 aliphatic heterocycles. The van der Waals surface area contributed by atoms with Crippen molar-refractivity contribution in [3.8, 4) is 0 Å². The summed E-state index contributed by atoms with van der Waals surface area (Å²) in [6.45, 7) is 5.76. The molecule has 0 aliphatic rings. The summed E-state index contributed by atoms with van der Waals surface area (Å²) >= 11 is 3.54. The molecule has 0 aromatic heterocycles. The number of nitrogens with zero attached hydrogens (tertiary/aromatic N) is 1. The predicted octanol–water partition coefficient (Wildman–Crippen LogP) is 4.53. The van der Waals surface area contributed by atoms with Gasteiger partial charge in [0.1, 0.15) is 0 Å². The number of hydrogen-bond acceptors (Lipinski definition) is 2. The van der Waals surface area contributed by atoms with Crippen LogP contribution in [-0.2, 0) is 6.54 Å². The minimum atomic E-state index is -0.456. The van der Waals surface area contributed by atoms with Crippen LogP contribution in [0.2, 0.25) is 0 Å². The number of halogens is 1. The highest BCUT2D eigenvalue weighted by molar-refractivity contribution is 9.10. The van der Waals surface area contributed by atoms with Gasteiger partial charge in [-0.1, -0.05) is 52.3 Å². The Morgan fingerprint density at radius 3 is 2.40 bits per heavy atom. The van der Waals surface area contributed by atoms with Crippen LogP contribution in [0.5, 0.6) is 0 Å². The monoisotopic (exact) mass is 333 g/mol. The predicted molar refractivity (Wildman–Crippen MR) is 87.9 cm³/mol. The van der Waals surface area contributed by atoms with Gasteiger partial charge < -0.3 is 10.0 Å². The highest BCUT2D eigenvalue weighted by atomic mass is 79.9. The van der Waals surface area contributed by atoms with Crippen molar-refractivity contribution in [3.63, 3.8) is 0 Å². The molecule has 0 aliphatic carbocycles. The Labute approximate surface area is 129 Å². The number of anilines is 1. The topological polar surface area (TPSA) is 23.5 Å². The molecule has 20 heavy (non-hydrogen) atoms. The van der Waals surface area contributed by atoms with Crippen molar-refractivity contribution in [1.29, 1.82) is 0 Å². The zero-order valence-electron chi connectivity index (χ0n) is 11.9. The van der Waals surface area contributed by atoms with Gasteiger partial charge in [0.25, 0.3) is 0 Å². The molecular formula is C17H20BrNO. The summed E-state index contributed by atoms with van der Waals surface area (Å²) in [5.41, 5.74) is 3.38. The van der Waals surface area contributed by atoms with E-state index in [4.69, 9.17) is 0 Å². The number of benzene rings is 2. The average Bonchev–Trinajstić information content (AvgIpc) is 2.45. The van der Waals surface area contributed by atoms with Crippen molar-refractivity contribution in [3.05, 3.63) is 64.1 Å². The van der Waals surface area contributed by atoms with Gasteiger partial charge in [-0.05, 0) is 37.1 Å². The smallest absolute Gasteiger partial charge is 0.0772 e. The molecule has 1 N–H and O–H groups in total. The molecule has 3 heteroatoms. The maximum atomic E-state index is 9.68. The van der Waals surface area contributed by atoms with Crippen LogP contribution in [0, 0.1) is 0 Å². The van der Waals surface area contributed by atoms with Gasteiger partial charge in [-0.3, -0.25) is 0 Å². The van der Waals surface area contributed by atoms with Crippen LogP contribution in [0.25, 0.3) is 0 Å². The first kappa shape index (κ1) is 15.1. The molecule has 0 saturated heterocycles. The summed E-state index contributed by atoms with van der Waals surface area (Å²) in [6.07, 6.45) is -0.456. The molecule has 0 heterocycles. The Kier molecular flexibility index (Phi) is 5.21. The minimum Gasteiger partial charge on any atom is -0.389 e. The Hall–Kier alpha value is -1.32. The van der Waals surface area contributed by atoms with E-state index in [0.29, 0.717) is 0 Å². The highest BCUT2D eigenvalue weighted by Crippen LogP contribution is 2.28. The third-order valence-corrected chi connectivity index (χ3v) is 4.08. The van der Waals surface area contributed by atoms with Gasteiger partial charge in [-0.15, -0.1) is 0 Å². The van der Waals surface area contributed by atoms with E-state index in [2.05, 4.69) is 64.2 Å². The summed E-state index contributed by atoms with van der Waals surface area (Å²) in [4.78, 5) is 2.31. The zero-order chi connectivity index (χ0) is 14.5. The van der Waals surface area contributed by atoms with Crippen LogP contribution in [0.15, 0.2) is 53.0 Å². The molecule has 0 amide bonds. The molecule has 2 nitrogen and oxygen atoms in total. The largest absolute Gasteiger partial charge is 0.389 e. The molecule has 0 spiro atoms. The molecule has 2 aromatic rings. The first-order valence-corrected chi connectivity index (χ1v) is 7.67. The Balaban J connectivity index is 2.22. The quantitative estimate of drug-likeness (QED) is 0.868. The van der Waals surface area contributed by atoms with Gasteiger partial charge in [-0.2, -0.15) is 0 Å². The fourth-order valence-corrected chi connectivity index (χ4v) is 2.94. The number of rotatable bonds is 5. The number of aliphatic hydroxyl groups excluding tert-OH is 1. The number of aliphatic hydroxyl groups is 1. The molecule has 2 aromatic carbocycles. The van der Waals surface area contributed by atoms with Crippen LogP contribution >= 0.6 is 15.9 Å². The second-order valence-corrected chi connectivity index (χ2v) is 5.74. The van der Waals surface area contributed by atoms with E-state index < -0.39 is 6.10 Å². The standard InChI is InChI=1S/C17H20BrNO/c1-3-19(12-14-7-5-4-6-8-14)15-9-10-16(13(2)20)17(18)11-15/h4-11,13,20H,3,12H2,1-2H3/t13-/m0/s1.